The third-order valence-electron chi connectivity index (χ3n) is 4.61. The number of carbonyl (C=O) groups is 3. The number of carbonyl (C=O) groups excluding carboxylic acids is 3. The predicted octanol–water partition coefficient (Wildman–Crippen LogP) is 4.35. The molecular weight excluding hydrogens is 392 g/mol. The summed E-state index contributed by atoms with van der Waals surface area (Å²) in [6.45, 7) is 1.02. The monoisotopic (exact) mass is 416 g/mol. The fraction of sp³-hybridized carbons (Fsp3) is 0.160. The largest absolute Gasteiger partial charge is 0.456 e. The first-order valence-electron chi connectivity index (χ1n) is 9.94. The quantitative estimate of drug-likeness (QED) is 0.535. The molecule has 0 saturated carbocycles. The second-order valence-corrected chi connectivity index (χ2v) is 7.05. The standard InChI is InChI=1S/C25H24N2O4/c1-18(28)26-21-13-8-14-22(15-21)27-24(29)17-31-25(30)16-23(19-9-4-2-5-10-19)20-11-6-3-7-12-20/h2-15,23H,16-17H2,1H3,(H,26,28)(H,27,29). The van der Waals surface area contributed by atoms with Crippen LogP contribution in [0.3, 0.4) is 0 Å². The molecule has 0 bridgehead atoms. The van der Waals surface area contributed by atoms with Crippen LogP contribution in [-0.4, -0.2) is 24.4 Å². The highest BCUT2D eigenvalue weighted by atomic mass is 16.5. The molecule has 0 atom stereocenters. The van der Waals surface area contributed by atoms with Crippen molar-refractivity contribution in [3.63, 3.8) is 0 Å². The molecule has 2 N–H and O–H groups in total. The van der Waals surface area contributed by atoms with Crippen LogP contribution in [0, 0.1) is 0 Å². The van der Waals surface area contributed by atoms with Crippen molar-refractivity contribution >= 4 is 29.2 Å². The van der Waals surface area contributed by atoms with Gasteiger partial charge in [-0.3, -0.25) is 14.4 Å². The molecule has 158 valence electrons. The van der Waals surface area contributed by atoms with Gasteiger partial charge in [0.05, 0.1) is 6.42 Å². The lowest BCUT2D eigenvalue weighted by atomic mass is 9.89. The third kappa shape index (κ3) is 6.82. The van der Waals surface area contributed by atoms with Gasteiger partial charge in [0, 0.05) is 24.2 Å². The number of anilines is 2. The Hall–Kier alpha value is -3.93. The maximum absolute atomic E-state index is 12.5. The highest BCUT2D eigenvalue weighted by Gasteiger charge is 2.19. The Morgan fingerprint density at radius 2 is 1.32 bits per heavy atom. The summed E-state index contributed by atoms with van der Waals surface area (Å²) in [6.07, 6.45) is 0.124. The van der Waals surface area contributed by atoms with E-state index in [0.29, 0.717) is 11.4 Å². The highest BCUT2D eigenvalue weighted by molar-refractivity contribution is 5.94. The fourth-order valence-electron chi connectivity index (χ4n) is 3.25. The van der Waals surface area contributed by atoms with Crippen LogP contribution < -0.4 is 10.6 Å². The van der Waals surface area contributed by atoms with Crippen molar-refractivity contribution in [2.24, 2.45) is 0 Å². The first kappa shape index (κ1) is 21.8. The molecule has 6 heteroatoms. The number of benzene rings is 3. The van der Waals surface area contributed by atoms with Crippen LogP contribution in [0.25, 0.3) is 0 Å². The van der Waals surface area contributed by atoms with Crippen molar-refractivity contribution < 1.29 is 19.1 Å². The molecule has 0 heterocycles. The Morgan fingerprint density at radius 1 is 0.774 bits per heavy atom. The molecule has 0 fully saturated rings. The van der Waals surface area contributed by atoms with E-state index in [0.717, 1.165) is 11.1 Å². The zero-order valence-electron chi connectivity index (χ0n) is 17.2. The molecule has 0 unspecified atom stereocenters. The van der Waals surface area contributed by atoms with Crippen LogP contribution in [0.2, 0.25) is 0 Å². The van der Waals surface area contributed by atoms with Gasteiger partial charge in [-0.2, -0.15) is 0 Å². The zero-order chi connectivity index (χ0) is 22.1. The SMILES string of the molecule is CC(=O)Nc1cccc(NC(=O)COC(=O)CC(c2ccccc2)c2ccccc2)c1. The first-order valence-corrected chi connectivity index (χ1v) is 9.94. The van der Waals surface area contributed by atoms with Crippen LogP contribution in [0.1, 0.15) is 30.4 Å². The Morgan fingerprint density at radius 3 is 1.87 bits per heavy atom. The maximum atomic E-state index is 12.5. The van der Waals surface area contributed by atoms with Crippen molar-refractivity contribution in [3.05, 3.63) is 96.1 Å². The van der Waals surface area contributed by atoms with E-state index in [9.17, 15) is 14.4 Å². The van der Waals surface area contributed by atoms with E-state index in [1.165, 1.54) is 6.92 Å². The molecule has 31 heavy (non-hydrogen) atoms. The van der Waals surface area contributed by atoms with Crippen molar-refractivity contribution in [2.75, 3.05) is 17.2 Å². The van der Waals surface area contributed by atoms with Gasteiger partial charge in [0.25, 0.3) is 5.91 Å². The Balaban J connectivity index is 1.58. The van der Waals surface area contributed by atoms with E-state index in [2.05, 4.69) is 10.6 Å². The molecule has 0 aromatic heterocycles. The number of ether oxygens (including phenoxy) is 1. The van der Waals surface area contributed by atoms with Crippen molar-refractivity contribution in [3.8, 4) is 0 Å². The normalized spacial score (nSPS) is 10.4. The zero-order valence-corrected chi connectivity index (χ0v) is 17.2. The van der Waals surface area contributed by atoms with Crippen LogP contribution >= 0.6 is 0 Å². The molecule has 0 radical (unpaired) electrons. The van der Waals surface area contributed by atoms with E-state index < -0.39 is 11.9 Å². The Bertz CT molecular complexity index is 996. The highest BCUT2D eigenvalue weighted by Crippen LogP contribution is 2.28. The molecule has 0 aliphatic rings. The first-order chi connectivity index (χ1) is 15.0. The fourth-order valence-corrected chi connectivity index (χ4v) is 3.25. The topological polar surface area (TPSA) is 84.5 Å². The minimum absolute atomic E-state index is 0.124. The van der Waals surface area contributed by atoms with Gasteiger partial charge in [0.2, 0.25) is 5.91 Å². The molecule has 3 aromatic carbocycles. The number of hydrogen-bond donors (Lipinski definition) is 2. The number of hydrogen-bond acceptors (Lipinski definition) is 4. The molecule has 0 saturated heterocycles. The summed E-state index contributed by atoms with van der Waals surface area (Å²) in [5.41, 5.74) is 3.07. The van der Waals surface area contributed by atoms with E-state index >= 15 is 0 Å². The summed E-state index contributed by atoms with van der Waals surface area (Å²) >= 11 is 0. The van der Waals surface area contributed by atoms with E-state index in [4.69, 9.17) is 4.74 Å². The summed E-state index contributed by atoms with van der Waals surface area (Å²) < 4.78 is 5.22. The lowest BCUT2D eigenvalue weighted by molar-refractivity contribution is -0.147. The van der Waals surface area contributed by atoms with E-state index in [-0.39, 0.29) is 24.9 Å². The molecule has 0 aliphatic heterocycles. The Kier molecular flexibility index (Phi) is 7.54. The van der Waals surface area contributed by atoms with Gasteiger partial charge in [-0.05, 0) is 29.3 Å². The molecule has 3 rings (SSSR count). The summed E-state index contributed by atoms with van der Waals surface area (Å²) in [5.74, 6) is -1.28. The number of amides is 2. The lowest BCUT2D eigenvalue weighted by Crippen LogP contribution is -2.22. The van der Waals surface area contributed by atoms with Crippen LogP contribution in [-0.2, 0) is 19.1 Å². The van der Waals surface area contributed by atoms with Crippen molar-refractivity contribution in [1.82, 2.24) is 0 Å². The molecule has 2 amide bonds. The number of rotatable bonds is 8. The summed E-state index contributed by atoms with van der Waals surface area (Å²) in [6, 6.07) is 26.2. The lowest BCUT2D eigenvalue weighted by Gasteiger charge is -2.17. The van der Waals surface area contributed by atoms with E-state index in [1.54, 1.807) is 24.3 Å². The second kappa shape index (κ2) is 10.7. The second-order valence-electron chi connectivity index (χ2n) is 7.05. The van der Waals surface area contributed by atoms with Crippen LogP contribution in [0.4, 0.5) is 11.4 Å². The van der Waals surface area contributed by atoms with Crippen LogP contribution in [0.15, 0.2) is 84.9 Å². The summed E-state index contributed by atoms with van der Waals surface area (Å²) in [7, 11) is 0. The molecule has 3 aromatic rings. The van der Waals surface area contributed by atoms with Crippen molar-refractivity contribution in [2.45, 2.75) is 19.3 Å². The van der Waals surface area contributed by atoms with Gasteiger partial charge >= 0.3 is 5.97 Å². The molecular formula is C25H24N2O4. The van der Waals surface area contributed by atoms with E-state index in [1.807, 2.05) is 60.7 Å². The van der Waals surface area contributed by atoms with Gasteiger partial charge in [-0.15, -0.1) is 0 Å². The average Bonchev–Trinajstić information content (AvgIpc) is 2.77. The average molecular weight is 416 g/mol. The number of esters is 1. The molecule has 0 aliphatic carbocycles. The van der Waals surface area contributed by atoms with Gasteiger partial charge in [0.15, 0.2) is 6.61 Å². The molecule has 6 nitrogen and oxygen atoms in total. The summed E-state index contributed by atoms with van der Waals surface area (Å²) in [5, 5.41) is 5.31. The summed E-state index contributed by atoms with van der Waals surface area (Å²) in [4.78, 5) is 35.8. The minimum Gasteiger partial charge on any atom is -0.456 e. The number of nitrogens with one attached hydrogen (secondary N) is 2. The van der Waals surface area contributed by atoms with Gasteiger partial charge in [-0.1, -0.05) is 66.7 Å². The van der Waals surface area contributed by atoms with Crippen LogP contribution in [0.5, 0.6) is 0 Å². The van der Waals surface area contributed by atoms with Gasteiger partial charge in [0.1, 0.15) is 0 Å². The minimum atomic E-state index is -0.458. The molecule has 0 spiro atoms. The van der Waals surface area contributed by atoms with Gasteiger partial charge < -0.3 is 15.4 Å². The third-order valence-corrected chi connectivity index (χ3v) is 4.61. The Labute approximate surface area is 181 Å². The smallest absolute Gasteiger partial charge is 0.307 e. The van der Waals surface area contributed by atoms with Gasteiger partial charge in [-0.25, -0.2) is 0 Å². The maximum Gasteiger partial charge on any atom is 0.307 e. The predicted molar refractivity (Wildman–Crippen MR) is 120 cm³/mol. The van der Waals surface area contributed by atoms with Crippen molar-refractivity contribution in [1.29, 1.82) is 0 Å².